The molecule has 0 bridgehead atoms. The van der Waals surface area contributed by atoms with E-state index < -0.39 is 9.84 Å². The van der Waals surface area contributed by atoms with Crippen LogP contribution >= 0.6 is 0 Å². The lowest BCUT2D eigenvalue weighted by molar-refractivity contribution is 0.0718. The van der Waals surface area contributed by atoms with Gasteiger partial charge in [0.2, 0.25) is 0 Å². The number of ether oxygens (including phenoxy) is 1. The van der Waals surface area contributed by atoms with E-state index in [1.807, 2.05) is 0 Å². The van der Waals surface area contributed by atoms with E-state index in [-0.39, 0.29) is 22.1 Å². The Labute approximate surface area is 125 Å². The molecule has 116 valence electrons. The Kier molecular flexibility index (Phi) is 5.92. The highest BCUT2D eigenvalue weighted by atomic mass is 32.2. The number of carbonyl (C=O) groups excluding carboxylic acids is 1. The maximum atomic E-state index is 12.4. The van der Waals surface area contributed by atoms with Crippen LogP contribution < -0.4 is 5.73 Å². The lowest BCUT2D eigenvalue weighted by atomic mass is 10.1. The molecular weight excluding hydrogens is 292 g/mol. The molecule has 0 heterocycles. The van der Waals surface area contributed by atoms with Gasteiger partial charge in [0.25, 0.3) is 5.91 Å². The lowest BCUT2D eigenvalue weighted by Gasteiger charge is -2.21. The quantitative estimate of drug-likeness (QED) is 0.598. The van der Waals surface area contributed by atoms with Gasteiger partial charge < -0.3 is 15.4 Å². The van der Waals surface area contributed by atoms with Crippen LogP contribution in [0.5, 0.6) is 0 Å². The predicted molar refractivity (Wildman–Crippen MR) is 81.9 cm³/mol. The van der Waals surface area contributed by atoms with E-state index in [0.717, 1.165) is 6.26 Å². The Morgan fingerprint density at radius 3 is 2.62 bits per heavy atom. The van der Waals surface area contributed by atoms with Crippen LogP contribution in [-0.2, 0) is 14.6 Å². The zero-order chi connectivity index (χ0) is 16.0. The van der Waals surface area contributed by atoms with Crippen LogP contribution in [0.1, 0.15) is 10.4 Å². The smallest absolute Gasteiger partial charge is 0.254 e. The van der Waals surface area contributed by atoms with E-state index in [1.54, 1.807) is 13.2 Å². The van der Waals surface area contributed by atoms with Gasteiger partial charge in [0, 0.05) is 37.7 Å². The average molecular weight is 312 g/mol. The summed E-state index contributed by atoms with van der Waals surface area (Å²) in [5.41, 5.74) is 6.15. The largest absolute Gasteiger partial charge is 0.399 e. The second kappa shape index (κ2) is 7.24. The molecule has 0 aliphatic rings. The molecule has 0 spiro atoms. The summed E-state index contributed by atoms with van der Waals surface area (Å²) in [5.74, 6) is -0.316. The molecule has 0 atom stereocenters. The number of nitrogen functional groups attached to an aromatic ring is 1. The number of benzene rings is 1. The fourth-order valence-electron chi connectivity index (χ4n) is 1.78. The Bertz CT molecular complexity index is 626. The minimum absolute atomic E-state index is 0.0242. The summed E-state index contributed by atoms with van der Waals surface area (Å²) in [6, 6.07) is 4.12. The molecule has 0 fully saturated rings. The van der Waals surface area contributed by atoms with Crippen molar-refractivity contribution in [2.24, 2.45) is 0 Å². The number of anilines is 1. The molecular formula is C14H20N2O4S. The van der Waals surface area contributed by atoms with Crippen LogP contribution in [0, 0.1) is 0 Å². The van der Waals surface area contributed by atoms with E-state index >= 15 is 0 Å². The van der Waals surface area contributed by atoms with Gasteiger partial charge >= 0.3 is 0 Å². The monoisotopic (exact) mass is 312 g/mol. The number of carbonyl (C=O) groups is 1. The molecule has 0 aliphatic heterocycles. The van der Waals surface area contributed by atoms with Gasteiger partial charge in [-0.1, -0.05) is 6.08 Å². The van der Waals surface area contributed by atoms with Crippen molar-refractivity contribution in [2.75, 3.05) is 38.8 Å². The molecule has 0 radical (unpaired) electrons. The molecule has 1 aromatic rings. The van der Waals surface area contributed by atoms with Crippen molar-refractivity contribution < 1.29 is 17.9 Å². The second-order valence-electron chi connectivity index (χ2n) is 4.60. The highest BCUT2D eigenvalue weighted by Crippen LogP contribution is 2.18. The number of nitrogens with zero attached hydrogens (tertiary/aromatic N) is 1. The first-order valence-electron chi connectivity index (χ1n) is 6.29. The highest BCUT2D eigenvalue weighted by Gasteiger charge is 2.18. The maximum Gasteiger partial charge on any atom is 0.254 e. The van der Waals surface area contributed by atoms with Gasteiger partial charge in [0.15, 0.2) is 9.84 Å². The van der Waals surface area contributed by atoms with Gasteiger partial charge in [-0.15, -0.1) is 6.58 Å². The third kappa shape index (κ3) is 4.87. The Morgan fingerprint density at radius 2 is 2.10 bits per heavy atom. The van der Waals surface area contributed by atoms with Gasteiger partial charge in [0.05, 0.1) is 11.5 Å². The SMILES string of the molecule is C=CCN(CCOC)C(=O)c1cc(N)cc(S(C)(=O)=O)c1. The molecule has 0 aliphatic carbocycles. The predicted octanol–water partition coefficient (Wildman–Crippen LogP) is 0.947. The van der Waals surface area contributed by atoms with Gasteiger partial charge in [0.1, 0.15) is 0 Å². The topological polar surface area (TPSA) is 89.7 Å². The first-order valence-corrected chi connectivity index (χ1v) is 8.18. The number of methoxy groups -OCH3 is 1. The molecule has 0 saturated carbocycles. The van der Waals surface area contributed by atoms with Gasteiger partial charge in [-0.05, 0) is 18.2 Å². The summed E-state index contributed by atoms with van der Waals surface area (Å²) >= 11 is 0. The van der Waals surface area contributed by atoms with Crippen molar-refractivity contribution in [3.05, 3.63) is 36.4 Å². The van der Waals surface area contributed by atoms with Crippen molar-refractivity contribution >= 4 is 21.4 Å². The Balaban J connectivity index is 3.15. The summed E-state index contributed by atoms with van der Waals surface area (Å²) in [6.45, 7) is 4.70. The van der Waals surface area contributed by atoms with Gasteiger partial charge in [-0.3, -0.25) is 4.79 Å². The summed E-state index contributed by atoms with van der Waals surface area (Å²) in [5, 5.41) is 0. The zero-order valence-electron chi connectivity index (χ0n) is 12.2. The minimum atomic E-state index is -3.43. The number of hydrogen-bond donors (Lipinski definition) is 1. The normalized spacial score (nSPS) is 11.1. The highest BCUT2D eigenvalue weighted by molar-refractivity contribution is 7.90. The van der Waals surface area contributed by atoms with Crippen molar-refractivity contribution in [1.29, 1.82) is 0 Å². The summed E-state index contributed by atoms with van der Waals surface area (Å²) in [6.07, 6.45) is 2.67. The van der Waals surface area contributed by atoms with Crippen LogP contribution in [0.25, 0.3) is 0 Å². The first kappa shape index (κ1) is 17.2. The van der Waals surface area contributed by atoms with Crippen LogP contribution in [-0.4, -0.2) is 52.3 Å². The van der Waals surface area contributed by atoms with Crippen LogP contribution in [0.15, 0.2) is 35.7 Å². The second-order valence-corrected chi connectivity index (χ2v) is 6.61. The first-order chi connectivity index (χ1) is 9.79. The molecule has 1 aromatic carbocycles. The van der Waals surface area contributed by atoms with E-state index in [0.29, 0.717) is 19.7 Å². The number of amides is 1. The van der Waals surface area contributed by atoms with Crippen LogP contribution in [0.3, 0.4) is 0 Å². The molecule has 1 amide bonds. The zero-order valence-corrected chi connectivity index (χ0v) is 13.0. The van der Waals surface area contributed by atoms with Crippen molar-refractivity contribution in [2.45, 2.75) is 4.90 Å². The van der Waals surface area contributed by atoms with E-state index in [2.05, 4.69) is 6.58 Å². The summed E-state index contributed by atoms with van der Waals surface area (Å²) in [4.78, 5) is 14.0. The summed E-state index contributed by atoms with van der Waals surface area (Å²) < 4.78 is 28.2. The fourth-order valence-corrected chi connectivity index (χ4v) is 2.47. The Morgan fingerprint density at radius 1 is 1.43 bits per heavy atom. The standard InChI is InChI=1S/C14H20N2O4S/c1-4-5-16(6-7-20-2)14(17)11-8-12(15)10-13(9-11)21(3,18)19/h4,8-10H,1,5-7,15H2,2-3H3. The molecule has 6 nitrogen and oxygen atoms in total. The van der Waals surface area contributed by atoms with Gasteiger partial charge in [-0.2, -0.15) is 0 Å². The molecule has 0 aromatic heterocycles. The molecule has 1 rings (SSSR count). The average Bonchev–Trinajstić information content (AvgIpc) is 2.41. The number of hydrogen-bond acceptors (Lipinski definition) is 5. The Hall–Kier alpha value is -1.86. The number of sulfone groups is 1. The number of rotatable bonds is 7. The van der Waals surface area contributed by atoms with E-state index in [4.69, 9.17) is 10.5 Å². The molecule has 0 unspecified atom stereocenters. The third-order valence-electron chi connectivity index (χ3n) is 2.81. The molecule has 2 N–H and O–H groups in total. The van der Waals surface area contributed by atoms with Crippen molar-refractivity contribution in [3.63, 3.8) is 0 Å². The fraction of sp³-hybridized carbons (Fsp3) is 0.357. The van der Waals surface area contributed by atoms with Crippen LogP contribution in [0.4, 0.5) is 5.69 Å². The van der Waals surface area contributed by atoms with Crippen molar-refractivity contribution in [3.8, 4) is 0 Å². The third-order valence-corrected chi connectivity index (χ3v) is 3.90. The summed E-state index contributed by atoms with van der Waals surface area (Å²) in [7, 11) is -1.89. The maximum absolute atomic E-state index is 12.4. The van der Waals surface area contributed by atoms with Crippen LogP contribution in [0.2, 0.25) is 0 Å². The lowest BCUT2D eigenvalue weighted by Crippen LogP contribution is -2.34. The van der Waals surface area contributed by atoms with Gasteiger partial charge in [-0.25, -0.2) is 8.42 Å². The van der Waals surface area contributed by atoms with E-state index in [1.165, 1.54) is 23.1 Å². The number of nitrogens with two attached hydrogens (primary N) is 1. The minimum Gasteiger partial charge on any atom is -0.399 e. The molecule has 0 saturated heterocycles. The van der Waals surface area contributed by atoms with Crippen molar-refractivity contribution in [1.82, 2.24) is 4.90 Å². The molecule has 21 heavy (non-hydrogen) atoms. The molecule has 7 heteroatoms. The van der Waals surface area contributed by atoms with E-state index in [9.17, 15) is 13.2 Å².